The molecule has 1 N–H and O–H groups in total. The molecule has 2 aromatic carbocycles. The molecule has 25 heavy (non-hydrogen) atoms. The second kappa shape index (κ2) is 9.59. The van der Waals surface area contributed by atoms with E-state index in [1.165, 1.54) is 11.8 Å². The van der Waals surface area contributed by atoms with E-state index in [1.54, 1.807) is 14.2 Å². The third-order valence-corrected chi connectivity index (χ3v) is 5.08. The fourth-order valence-corrected chi connectivity index (χ4v) is 3.48. The van der Waals surface area contributed by atoms with Gasteiger partial charge in [-0.1, -0.05) is 35.9 Å². The lowest BCUT2D eigenvalue weighted by atomic mass is 10.1. The Morgan fingerprint density at radius 2 is 1.88 bits per heavy atom. The van der Waals surface area contributed by atoms with Gasteiger partial charge in [-0.05, 0) is 36.2 Å². The molecule has 0 aliphatic heterocycles. The first-order valence-corrected chi connectivity index (χ1v) is 9.41. The SMILES string of the molecule is COc1ccc([C@H](C)NC(=O)CSCc2ccccc2Cl)cc1OC. The van der Waals surface area contributed by atoms with E-state index in [9.17, 15) is 4.79 Å². The van der Waals surface area contributed by atoms with Gasteiger partial charge in [-0.25, -0.2) is 0 Å². The number of hydrogen-bond acceptors (Lipinski definition) is 4. The molecule has 0 aliphatic rings. The summed E-state index contributed by atoms with van der Waals surface area (Å²) in [6, 6.07) is 13.2. The Bertz CT molecular complexity index is 724. The van der Waals surface area contributed by atoms with Crippen LogP contribution in [0.3, 0.4) is 0 Å². The standard InChI is InChI=1S/C19H22ClNO3S/c1-13(14-8-9-17(23-2)18(10-14)24-3)21-19(22)12-25-11-15-6-4-5-7-16(15)20/h4-10,13H,11-12H2,1-3H3,(H,21,22)/t13-/m0/s1. The maximum absolute atomic E-state index is 12.2. The summed E-state index contributed by atoms with van der Waals surface area (Å²) >= 11 is 7.66. The van der Waals surface area contributed by atoms with Crippen molar-refractivity contribution >= 4 is 29.3 Å². The van der Waals surface area contributed by atoms with E-state index in [4.69, 9.17) is 21.1 Å². The van der Waals surface area contributed by atoms with Gasteiger partial charge in [0.15, 0.2) is 11.5 Å². The third kappa shape index (κ3) is 5.58. The van der Waals surface area contributed by atoms with Crippen molar-refractivity contribution in [2.45, 2.75) is 18.7 Å². The van der Waals surface area contributed by atoms with Crippen molar-refractivity contribution in [1.82, 2.24) is 5.32 Å². The van der Waals surface area contributed by atoms with Crippen LogP contribution >= 0.6 is 23.4 Å². The smallest absolute Gasteiger partial charge is 0.230 e. The largest absolute Gasteiger partial charge is 0.493 e. The molecule has 6 heteroatoms. The molecular formula is C19H22ClNO3S. The molecule has 1 amide bonds. The molecule has 0 spiro atoms. The van der Waals surface area contributed by atoms with Gasteiger partial charge in [-0.3, -0.25) is 4.79 Å². The maximum atomic E-state index is 12.2. The lowest BCUT2D eigenvalue weighted by Crippen LogP contribution is -2.28. The fourth-order valence-electron chi connectivity index (χ4n) is 2.36. The molecule has 0 aromatic heterocycles. The highest BCUT2D eigenvalue weighted by Crippen LogP contribution is 2.30. The van der Waals surface area contributed by atoms with Crippen LogP contribution in [-0.2, 0) is 10.5 Å². The highest BCUT2D eigenvalue weighted by Gasteiger charge is 2.13. The number of thioether (sulfide) groups is 1. The van der Waals surface area contributed by atoms with Crippen LogP contribution in [-0.4, -0.2) is 25.9 Å². The van der Waals surface area contributed by atoms with E-state index in [0.717, 1.165) is 16.1 Å². The fraction of sp³-hybridized carbons (Fsp3) is 0.316. The first-order valence-electron chi connectivity index (χ1n) is 7.87. The van der Waals surface area contributed by atoms with Crippen LogP contribution in [0.1, 0.15) is 24.1 Å². The summed E-state index contributed by atoms with van der Waals surface area (Å²) in [6.07, 6.45) is 0. The highest BCUT2D eigenvalue weighted by molar-refractivity contribution is 7.99. The van der Waals surface area contributed by atoms with Crippen LogP contribution < -0.4 is 14.8 Å². The van der Waals surface area contributed by atoms with Crippen molar-refractivity contribution in [1.29, 1.82) is 0 Å². The first kappa shape index (κ1) is 19.5. The molecule has 4 nitrogen and oxygen atoms in total. The van der Waals surface area contributed by atoms with Gasteiger partial charge in [0, 0.05) is 10.8 Å². The number of ether oxygens (including phenoxy) is 2. The van der Waals surface area contributed by atoms with Crippen LogP contribution in [0.2, 0.25) is 5.02 Å². The lowest BCUT2D eigenvalue weighted by molar-refractivity contribution is -0.119. The Hall–Kier alpha value is -1.85. The van der Waals surface area contributed by atoms with E-state index in [-0.39, 0.29) is 11.9 Å². The van der Waals surface area contributed by atoms with Gasteiger partial charge < -0.3 is 14.8 Å². The molecule has 0 aliphatic carbocycles. The zero-order chi connectivity index (χ0) is 18.2. The summed E-state index contributed by atoms with van der Waals surface area (Å²) in [5.41, 5.74) is 2.00. The van der Waals surface area contributed by atoms with E-state index in [1.807, 2.05) is 49.4 Å². The van der Waals surface area contributed by atoms with Gasteiger partial charge in [0.1, 0.15) is 0 Å². The third-order valence-electron chi connectivity index (χ3n) is 3.73. The Labute approximate surface area is 157 Å². The van der Waals surface area contributed by atoms with Crippen LogP contribution in [0.25, 0.3) is 0 Å². The van der Waals surface area contributed by atoms with Crippen molar-refractivity contribution in [3.8, 4) is 11.5 Å². The molecule has 2 rings (SSSR count). The molecule has 134 valence electrons. The minimum Gasteiger partial charge on any atom is -0.493 e. The summed E-state index contributed by atoms with van der Waals surface area (Å²) in [5.74, 6) is 2.38. The molecule has 1 atom stereocenters. The minimum atomic E-state index is -0.117. The Morgan fingerprint density at radius 1 is 1.16 bits per heavy atom. The Morgan fingerprint density at radius 3 is 2.56 bits per heavy atom. The Kier molecular flexibility index (Phi) is 7.47. The number of nitrogens with one attached hydrogen (secondary N) is 1. The van der Waals surface area contributed by atoms with Crippen LogP contribution in [0.15, 0.2) is 42.5 Å². The van der Waals surface area contributed by atoms with Crippen LogP contribution in [0.4, 0.5) is 0 Å². The molecule has 0 fully saturated rings. The van der Waals surface area contributed by atoms with Gasteiger partial charge >= 0.3 is 0 Å². The van der Waals surface area contributed by atoms with Crippen molar-refractivity contribution in [2.75, 3.05) is 20.0 Å². The minimum absolute atomic E-state index is 0.0145. The molecule has 0 bridgehead atoms. The summed E-state index contributed by atoms with van der Waals surface area (Å²) in [4.78, 5) is 12.2. The summed E-state index contributed by atoms with van der Waals surface area (Å²) < 4.78 is 10.5. The van der Waals surface area contributed by atoms with E-state index < -0.39 is 0 Å². The van der Waals surface area contributed by atoms with Gasteiger partial charge in [0.2, 0.25) is 5.91 Å². The molecule has 0 saturated carbocycles. The van der Waals surface area contributed by atoms with Crippen LogP contribution in [0, 0.1) is 0 Å². The number of rotatable bonds is 8. The lowest BCUT2D eigenvalue weighted by Gasteiger charge is -2.16. The molecule has 0 saturated heterocycles. The van der Waals surface area contributed by atoms with E-state index in [2.05, 4.69) is 5.32 Å². The second-order valence-electron chi connectivity index (χ2n) is 5.49. The number of carbonyl (C=O) groups is 1. The molecule has 0 unspecified atom stereocenters. The topological polar surface area (TPSA) is 47.6 Å². The predicted octanol–water partition coefficient (Wildman–Crippen LogP) is 4.47. The number of hydrogen-bond donors (Lipinski definition) is 1. The van der Waals surface area contributed by atoms with Crippen LogP contribution in [0.5, 0.6) is 11.5 Å². The molecule has 2 aromatic rings. The Balaban J connectivity index is 1.86. The quantitative estimate of drug-likeness (QED) is 0.735. The first-order chi connectivity index (χ1) is 12.0. The second-order valence-corrected chi connectivity index (χ2v) is 6.88. The average Bonchev–Trinajstić information content (AvgIpc) is 2.62. The normalized spacial score (nSPS) is 11.7. The van der Waals surface area contributed by atoms with Crippen molar-refractivity contribution in [2.24, 2.45) is 0 Å². The molecule has 0 radical (unpaired) electrons. The summed E-state index contributed by atoms with van der Waals surface area (Å²) in [7, 11) is 3.19. The van der Waals surface area contributed by atoms with Gasteiger partial charge in [0.05, 0.1) is 26.0 Å². The molecule has 0 heterocycles. The van der Waals surface area contributed by atoms with E-state index in [0.29, 0.717) is 23.0 Å². The van der Waals surface area contributed by atoms with Gasteiger partial charge in [-0.15, -0.1) is 11.8 Å². The molecular weight excluding hydrogens is 358 g/mol. The predicted molar refractivity (Wildman–Crippen MR) is 104 cm³/mol. The number of carbonyl (C=O) groups excluding carboxylic acids is 1. The van der Waals surface area contributed by atoms with E-state index >= 15 is 0 Å². The number of benzene rings is 2. The number of methoxy groups -OCH3 is 2. The van der Waals surface area contributed by atoms with Gasteiger partial charge in [0.25, 0.3) is 0 Å². The van der Waals surface area contributed by atoms with Crippen molar-refractivity contribution < 1.29 is 14.3 Å². The monoisotopic (exact) mass is 379 g/mol. The highest BCUT2D eigenvalue weighted by atomic mass is 35.5. The maximum Gasteiger partial charge on any atom is 0.230 e. The zero-order valence-corrected chi connectivity index (χ0v) is 16.1. The summed E-state index contributed by atoms with van der Waals surface area (Å²) in [5, 5.41) is 3.73. The number of halogens is 1. The summed E-state index contributed by atoms with van der Waals surface area (Å²) in [6.45, 7) is 1.94. The zero-order valence-electron chi connectivity index (χ0n) is 14.5. The van der Waals surface area contributed by atoms with Gasteiger partial charge in [-0.2, -0.15) is 0 Å². The number of amides is 1. The van der Waals surface area contributed by atoms with Crippen molar-refractivity contribution in [3.63, 3.8) is 0 Å². The average molecular weight is 380 g/mol. The van der Waals surface area contributed by atoms with Crippen molar-refractivity contribution in [3.05, 3.63) is 58.6 Å².